The predicted molar refractivity (Wildman–Crippen MR) is 113 cm³/mol. The molecule has 1 heterocycles. The van der Waals surface area contributed by atoms with E-state index in [0.29, 0.717) is 18.1 Å². The van der Waals surface area contributed by atoms with Crippen LogP contribution >= 0.6 is 23.8 Å². The van der Waals surface area contributed by atoms with E-state index in [4.69, 9.17) is 17.3 Å². The smallest absolute Gasteiger partial charge is 0.184 e. The minimum atomic E-state index is -0.952. The van der Waals surface area contributed by atoms with Crippen molar-refractivity contribution in [3.8, 4) is 0 Å². The molecule has 0 saturated carbocycles. The van der Waals surface area contributed by atoms with Crippen molar-refractivity contribution in [2.45, 2.75) is 6.54 Å². The number of hydrazone groups is 1. The van der Waals surface area contributed by atoms with Crippen LogP contribution in [-0.4, -0.2) is 42.4 Å². The lowest BCUT2D eigenvalue weighted by atomic mass is 10.1. The Kier molecular flexibility index (Phi) is 6.77. The number of nitrogens with one attached hydrogen (secondary N) is 1. The van der Waals surface area contributed by atoms with Crippen molar-refractivity contribution in [1.82, 2.24) is 10.3 Å². The van der Waals surface area contributed by atoms with Gasteiger partial charge in [0.2, 0.25) is 0 Å². The molecule has 0 aromatic heterocycles. The van der Waals surface area contributed by atoms with Gasteiger partial charge in [-0.05, 0) is 42.0 Å². The van der Waals surface area contributed by atoms with Crippen LogP contribution in [0.2, 0.25) is 5.02 Å². The SMILES string of the molecule is NC(=S)NN=Cc1ccc(N2CCN(Cc3cccc(Cl)c3)CC2)c(F)c1F. The van der Waals surface area contributed by atoms with E-state index in [1.165, 1.54) is 6.07 Å². The van der Waals surface area contributed by atoms with Crippen LogP contribution in [0.1, 0.15) is 11.1 Å². The zero-order chi connectivity index (χ0) is 20.1. The van der Waals surface area contributed by atoms with Gasteiger partial charge in [-0.25, -0.2) is 8.78 Å². The number of anilines is 1. The molecule has 2 aromatic carbocycles. The third-order valence-corrected chi connectivity index (χ3v) is 4.80. The second-order valence-electron chi connectivity index (χ2n) is 6.43. The second kappa shape index (κ2) is 9.27. The normalized spacial score (nSPS) is 15.2. The van der Waals surface area contributed by atoms with Crippen molar-refractivity contribution in [3.63, 3.8) is 0 Å². The van der Waals surface area contributed by atoms with E-state index in [1.54, 1.807) is 6.07 Å². The molecule has 3 rings (SSSR count). The van der Waals surface area contributed by atoms with Gasteiger partial charge in [-0.1, -0.05) is 23.7 Å². The van der Waals surface area contributed by atoms with Crippen LogP contribution in [0, 0.1) is 11.6 Å². The number of benzene rings is 2. The lowest BCUT2D eigenvalue weighted by molar-refractivity contribution is 0.249. The summed E-state index contributed by atoms with van der Waals surface area (Å²) in [7, 11) is 0. The van der Waals surface area contributed by atoms with Crippen molar-refractivity contribution in [2.75, 3.05) is 31.1 Å². The Balaban J connectivity index is 1.63. The molecule has 1 saturated heterocycles. The quantitative estimate of drug-likeness (QED) is 0.439. The minimum absolute atomic E-state index is 0.0181. The summed E-state index contributed by atoms with van der Waals surface area (Å²) in [6.45, 7) is 3.47. The number of rotatable bonds is 5. The van der Waals surface area contributed by atoms with Gasteiger partial charge in [-0.2, -0.15) is 5.10 Å². The van der Waals surface area contributed by atoms with Crippen LogP contribution < -0.4 is 16.1 Å². The summed E-state index contributed by atoms with van der Waals surface area (Å²) < 4.78 is 28.9. The first-order valence-electron chi connectivity index (χ1n) is 8.72. The van der Waals surface area contributed by atoms with E-state index in [-0.39, 0.29) is 16.4 Å². The van der Waals surface area contributed by atoms with Crippen molar-refractivity contribution in [2.24, 2.45) is 10.8 Å². The monoisotopic (exact) mass is 423 g/mol. The number of nitrogens with two attached hydrogens (primary N) is 1. The predicted octanol–water partition coefficient (Wildman–Crippen LogP) is 3.11. The lowest BCUT2D eigenvalue weighted by Crippen LogP contribution is -2.46. The molecule has 0 atom stereocenters. The zero-order valence-corrected chi connectivity index (χ0v) is 16.6. The molecule has 1 aliphatic rings. The average Bonchev–Trinajstić information content (AvgIpc) is 2.66. The van der Waals surface area contributed by atoms with Gasteiger partial charge in [0.1, 0.15) is 0 Å². The Morgan fingerprint density at radius 1 is 1.18 bits per heavy atom. The molecule has 9 heteroatoms. The Morgan fingerprint density at radius 3 is 2.61 bits per heavy atom. The fourth-order valence-electron chi connectivity index (χ4n) is 3.10. The minimum Gasteiger partial charge on any atom is -0.375 e. The molecule has 0 spiro atoms. The molecule has 0 aliphatic carbocycles. The highest BCUT2D eigenvalue weighted by Crippen LogP contribution is 2.25. The highest BCUT2D eigenvalue weighted by atomic mass is 35.5. The molecule has 1 aliphatic heterocycles. The van der Waals surface area contributed by atoms with Crippen LogP contribution in [0.25, 0.3) is 0 Å². The van der Waals surface area contributed by atoms with Gasteiger partial charge in [0.25, 0.3) is 0 Å². The summed E-state index contributed by atoms with van der Waals surface area (Å²) in [5.74, 6) is -1.84. The number of halogens is 3. The maximum absolute atomic E-state index is 14.5. The first-order valence-corrected chi connectivity index (χ1v) is 9.51. The molecule has 0 radical (unpaired) electrons. The van der Waals surface area contributed by atoms with Crippen LogP contribution in [-0.2, 0) is 6.54 Å². The molecular formula is C19H20ClF2N5S. The molecular weight excluding hydrogens is 404 g/mol. The van der Waals surface area contributed by atoms with Gasteiger partial charge in [0, 0.05) is 43.3 Å². The van der Waals surface area contributed by atoms with Gasteiger partial charge < -0.3 is 10.6 Å². The molecule has 0 bridgehead atoms. The number of thiocarbonyl (C=S) groups is 1. The molecule has 1 fully saturated rings. The number of hydrogen-bond acceptors (Lipinski definition) is 4. The molecule has 148 valence electrons. The van der Waals surface area contributed by atoms with Gasteiger partial charge in [0.15, 0.2) is 16.7 Å². The standard InChI is InChI=1S/C19H20ClF2N5S/c20-15-3-1-2-13(10-15)12-26-6-8-27(9-7-26)16-5-4-14(17(21)18(16)22)11-24-25-19(23)28/h1-5,10-11H,6-9,12H2,(H3,23,25,28). The topological polar surface area (TPSA) is 56.9 Å². The van der Waals surface area contributed by atoms with E-state index in [0.717, 1.165) is 31.4 Å². The second-order valence-corrected chi connectivity index (χ2v) is 7.31. The van der Waals surface area contributed by atoms with E-state index >= 15 is 0 Å². The summed E-state index contributed by atoms with van der Waals surface area (Å²) in [5, 5.41) is 4.32. The molecule has 28 heavy (non-hydrogen) atoms. The zero-order valence-electron chi connectivity index (χ0n) is 15.0. The van der Waals surface area contributed by atoms with E-state index in [2.05, 4.69) is 27.6 Å². The summed E-state index contributed by atoms with van der Waals surface area (Å²) in [5.41, 5.74) is 8.95. The van der Waals surface area contributed by atoms with E-state index in [9.17, 15) is 8.78 Å². The van der Waals surface area contributed by atoms with Crippen LogP contribution in [0.4, 0.5) is 14.5 Å². The van der Waals surface area contributed by atoms with Crippen molar-refractivity contribution in [3.05, 3.63) is 64.2 Å². The van der Waals surface area contributed by atoms with Gasteiger partial charge >= 0.3 is 0 Å². The highest BCUT2D eigenvalue weighted by Gasteiger charge is 2.22. The molecule has 3 N–H and O–H groups in total. The maximum Gasteiger partial charge on any atom is 0.184 e. The third-order valence-electron chi connectivity index (χ3n) is 4.48. The molecule has 0 amide bonds. The summed E-state index contributed by atoms with van der Waals surface area (Å²) in [6, 6.07) is 10.8. The largest absolute Gasteiger partial charge is 0.375 e. The summed E-state index contributed by atoms with van der Waals surface area (Å²) in [4.78, 5) is 4.11. The average molecular weight is 424 g/mol. The molecule has 0 unspecified atom stereocenters. The Bertz CT molecular complexity index is 885. The van der Waals surface area contributed by atoms with Crippen molar-refractivity contribution in [1.29, 1.82) is 0 Å². The number of piperazine rings is 1. The molecule has 5 nitrogen and oxygen atoms in total. The highest BCUT2D eigenvalue weighted by molar-refractivity contribution is 7.80. The Labute approximate surface area is 172 Å². The number of nitrogens with zero attached hydrogens (tertiary/aromatic N) is 3. The lowest BCUT2D eigenvalue weighted by Gasteiger charge is -2.36. The molecule has 2 aromatic rings. The van der Waals surface area contributed by atoms with Gasteiger partial charge in [-0.3, -0.25) is 10.3 Å². The fourth-order valence-corrected chi connectivity index (χ4v) is 3.37. The first kappa shape index (κ1) is 20.4. The van der Waals surface area contributed by atoms with E-state index in [1.807, 2.05) is 29.2 Å². The summed E-state index contributed by atoms with van der Waals surface area (Å²) in [6.07, 6.45) is 1.14. The van der Waals surface area contributed by atoms with Crippen molar-refractivity contribution < 1.29 is 8.78 Å². The maximum atomic E-state index is 14.5. The van der Waals surface area contributed by atoms with Gasteiger partial charge in [0.05, 0.1) is 11.9 Å². The number of hydrogen-bond donors (Lipinski definition) is 2. The third kappa shape index (κ3) is 5.15. The van der Waals surface area contributed by atoms with E-state index < -0.39 is 11.6 Å². The fraction of sp³-hybridized carbons (Fsp3) is 0.263. The van der Waals surface area contributed by atoms with Crippen LogP contribution in [0.15, 0.2) is 41.5 Å². The van der Waals surface area contributed by atoms with Gasteiger partial charge in [-0.15, -0.1) is 0 Å². The Morgan fingerprint density at radius 2 is 1.93 bits per heavy atom. The van der Waals surface area contributed by atoms with Crippen molar-refractivity contribution >= 4 is 40.8 Å². The summed E-state index contributed by atoms with van der Waals surface area (Å²) >= 11 is 10.6. The Hall–Kier alpha value is -2.29. The van der Waals surface area contributed by atoms with Crippen LogP contribution in [0.5, 0.6) is 0 Å². The first-order chi connectivity index (χ1) is 13.4. The van der Waals surface area contributed by atoms with Crippen LogP contribution in [0.3, 0.4) is 0 Å².